The van der Waals surface area contributed by atoms with E-state index in [4.69, 9.17) is 0 Å². The smallest absolute Gasteiger partial charge is 0.508 e. The molecule has 2 saturated carbocycles. The third-order valence-electron chi connectivity index (χ3n) is 8.36. The zero-order chi connectivity index (χ0) is 24.3. The first-order chi connectivity index (χ1) is 16.0. The third kappa shape index (κ3) is 4.17. The highest BCUT2D eigenvalue weighted by Crippen LogP contribution is 2.61. The van der Waals surface area contributed by atoms with Gasteiger partial charge in [-0.05, 0) is 97.1 Å². The lowest BCUT2D eigenvalue weighted by atomic mass is 9.55. The molecule has 0 spiro atoms. The fraction of sp³-hybridized carbons (Fsp3) is 0.520. The Hall–Kier alpha value is -2.26. The molecule has 9 heteroatoms. The fourth-order valence-corrected chi connectivity index (χ4v) is 8.28. The van der Waals surface area contributed by atoms with Crippen LogP contribution in [0.1, 0.15) is 56.1 Å². The minimum atomic E-state index is -4.89. The summed E-state index contributed by atoms with van der Waals surface area (Å²) in [7, 11) is -4.02. The van der Waals surface area contributed by atoms with E-state index in [1.807, 2.05) is 12.1 Å². The second-order valence-corrected chi connectivity index (χ2v) is 11.8. The summed E-state index contributed by atoms with van der Waals surface area (Å²) in [5, 5.41) is 9.86. The average molecular weight is 496 g/mol. The number of aromatic hydroxyl groups is 1. The van der Waals surface area contributed by atoms with E-state index in [0.717, 1.165) is 44.2 Å². The molecule has 34 heavy (non-hydrogen) atoms. The van der Waals surface area contributed by atoms with Crippen LogP contribution >= 0.6 is 0 Å². The van der Waals surface area contributed by atoms with Gasteiger partial charge in [0.2, 0.25) is 10.0 Å². The molecule has 0 bridgehead atoms. The van der Waals surface area contributed by atoms with Gasteiger partial charge in [-0.15, -0.1) is 13.2 Å². The SMILES string of the molecule is C[C@]12CC[C@@H]3c4ccc(O)cc4CC[C@H]3[C@@H]1CC[C@@H]2NS(=O)(=O)c1cccc(OC(F)(F)F)c1. The normalized spacial score (nSPS) is 30.8. The Morgan fingerprint density at radius 1 is 1.09 bits per heavy atom. The lowest BCUT2D eigenvalue weighted by Gasteiger charge is -2.51. The number of alkyl halides is 3. The zero-order valence-corrected chi connectivity index (χ0v) is 19.6. The first kappa shape index (κ1) is 23.5. The highest BCUT2D eigenvalue weighted by Gasteiger charge is 2.55. The molecule has 5 nitrogen and oxygen atoms in total. The molecule has 2 fully saturated rings. The highest BCUT2D eigenvalue weighted by molar-refractivity contribution is 7.89. The Bertz CT molecular complexity index is 1200. The number of ether oxygens (including phenoxy) is 1. The molecule has 2 aromatic rings. The molecule has 0 radical (unpaired) electrons. The van der Waals surface area contributed by atoms with E-state index in [1.165, 1.54) is 23.3 Å². The third-order valence-corrected chi connectivity index (χ3v) is 9.83. The van der Waals surface area contributed by atoms with Crippen molar-refractivity contribution in [3.8, 4) is 11.5 Å². The van der Waals surface area contributed by atoms with Crippen molar-refractivity contribution < 1.29 is 31.4 Å². The van der Waals surface area contributed by atoms with Crippen molar-refractivity contribution in [2.45, 2.75) is 68.7 Å². The summed E-state index contributed by atoms with van der Waals surface area (Å²) in [4.78, 5) is -0.235. The Labute approximate surface area is 197 Å². The number of benzene rings is 2. The van der Waals surface area contributed by atoms with E-state index in [9.17, 15) is 26.7 Å². The van der Waals surface area contributed by atoms with E-state index in [1.54, 1.807) is 6.07 Å². The van der Waals surface area contributed by atoms with Gasteiger partial charge in [0.05, 0.1) is 4.90 Å². The molecule has 5 atom stereocenters. The summed E-state index contributed by atoms with van der Waals surface area (Å²) in [6.45, 7) is 2.16. The summed E-state index contributed by atoms with van der Waals surface area (Å²) < 4.78 is 70.7. The Morgan fingerprint density at radius 3 is 2.65 bits per heavy atom. The van der Waals surface area contributed by atoms with Crippen molar-refractivity contribution in [2.24, 2.45) is 17.3 Å². The van der Waals surface area contributed by atoms with Crippen LogP contribution < -0.4 is 9.46 Å². The summed E-state index contributed by atoms with van der Waals surface area (Å²) in [5.41, 5.74) is 2.30. The number of fused-ring (bicyclic) bond motifs is 5. The molecule has 5 rings (SSSR count). The van der Waals surface area contributed by atoms with Crippen molar-refractivity contribution in [1.29, 1.82) is 0 Å². The van der Waals surface area contributed by atoms with Gasteiger partial charge in [0.15, 0.2) is 0 Å². The minimum Gasteiger partial charge on any atom is -0.508 e. The number of phenolic OH excluding ortho intramolecular Hbond substituents is 1. The van der Waals surface area contributed by atoms with Crippen LogP contribution in [0.15, 0.2) is 47.4 Å². The van der Waals surface area contributed by atoms with Gasteiger partial charge in [0.25, 0.3) is 0 Å². The standard InChI is InChI=1S/C25H28F3NO4S/c1-24-12-11-20-19-8-6-16(30)13-15(19)5-7-21(20)22(24)9-10-23(24)29-34(31,32)18-4-2-3-17(14-18)33-25(26,27)28/h2-4,6,8,13-14,20-23,29-30H,5,7,9-12H2,1H3/t20-,21-,22+,23+,24+/m1/s1. The lowest BCUT2D eigenvalue weighted by molar-refractivity contribution is -0.274. The van der Waals surface area contributed by atoms with E-state index in [-0.39, 0.29) is 22.1 Å². The van der Waals surface area contributed by atoms with Crippen LogP contribution in [-0.2, 0) is 16.4 Å². The molecular formula is C25H28F3NO4S. The van der Waals surface area contributed by atoms with Crippen LogP contribution in [-0.4, -0.2) is 25.9 Å². The molecule has 184 valence electrons. The maximum Gasteiger partial charge on any atom is 0.573 e. The molecule has 0 aliphatic heterocycles. The topological polar surface area (TPSA) is 75.6 Å². The number of halogens is 3. The second kappa shape index (κ2) is 8.16. The quantitative estimate of drug-likeness (QED) is 0.588. The van der Waals surface area contributed by atoms with Gasteiger partial charge in [0.1, 0.15) is 11.5 Å². The van der Waals surface area contributed by atoms with Gasteiger partial charge in [0, 0.05) is 12.1 Å². The Morgan fingerprint density at radius 2 is 1.88 bits per heavy atom. The zero-order valence-electron chi connectivity index (χ0n) is 18.8. The summed E-state index contributed by atoms with van der Waals surface area (Å²) >= 11 is 0. The van der Waals surface area contributed by atoms with Crippen LogP contribution in [0.3, 0.4) is 0 Å². The van der Waals surface area contributed by atoms with Crippen LogP contribution in [0.25, 0.3) is 0 Å². The van der Waals surface area contributed by atoms with Gasteiger partial charge in [-0.25, -0.2) is 13.1 Å². The number of aryl methyl sites for hydroxylation is 1. The largest absolute Gasteiger partial charge is 0.573 e. The highest BCUT2D eigenvalue weighted by atomic mass is 32.2. The molecule has 0 amide bonds. The van der Waals surface area contributed by atoms with Crippen LogP contribution in [0.2, 0.25) is 0 Å². The molecule has 3 aliphatic rings. The van der Waals surface area contributed by atoms with Crippen LogP contribution in [0, 0.1) is 17.3 Å². The molecule has 2 aromatic carbocycles. The monoisotopic (exact) mass is 495 g/mol. The van der Waals surface area contributed by atoms with Crippen molar-refractivity contribution >= 4 is 10.0 Å². The predicted molar refractivity (Wildman–Crippen MR) is 120 cm³/mol. The maximum atomic E-state index is 13.1. The second-order valence-electron chi connectivity index (χ2n) is 10.1. The van der Waals surface area contributed by atoms with Crippen molar-refractivity contribution in [2.75, 3.05) is 0 Å². The molecule has 2 N–H and O–H groups in total. The maximum absolute atomic E-state index is 13.1. The minimum absolute atomic E-state index is 0.220. The van der Waals surface area contributed by atoms with E-state index in [0.29, 0.717) is 24.2 Å². The van der Waals surface area contributed by atoms with Crippen LogP contribution in [0.4, 0.5) is 13.2 Å². The van der Waals surface area contributed by atoms with Crippen molar-refractivity contribution in [1.82, 2.24) is 4.72 Å². The number of phenols is 1. The lowest BCUT2D eigenvalue weighted by Crippen LogP contribution is -2.50. The number of hydrogen-bond donors (Lipinski definition) is 2. The average Bonchev–Trinajstić information content (AvgIpc) is 3.08. The number of sulfonamides is 1. The molecular weight excluding hydrogens is 467 g/mol. The molecule has 0 saturated heterocycles. The summed E-state index contributed by atoms with van der Waals surface area (Å²) in [6.07, 6.45) is 0.446. The molecule has 3 aliphatic carbocycles. The summed E-state index contributed by atoms with van der Waals surface area (Å²) in [5.74, 6) is 0.958. The number of nitrogens with one attached hydrogen (secondary N) is 1. The molecule has 0 heterocycles. The van der Waals surface area contributed by atoms with Crippen molar-refractivity contribution in [3.05, 3.63) is 53.6 Å². The number of rotatable bonds is 4. The number of hydrogen-bond acceptors (Lipinski definition) is 4. The molecule has 0 aromatic heterocycles. The first-order valence-electron chi connectivity index (χ1n) is 11.7. The van der Waals surface area contributed by atoms with Crippen LogP contribution in [0.5, 0.6) is 11.5 Å². The van der Waals surface area contributed by atoms with Gasteiger partial charge in [-0.2, -0.15) is 0 Å². The Balaban J connectivity index is 1.36. The van der Waals surface area contributed by atoms with Crippen molar-refractivity contribution in [3.63, 3.8) is 0 Å². The van der Waals surface area contributed by atoms with Gasteiger partial charge >= 0.3 is 6.36 Å². The van der Waals surface area contributed by atoms with Gasteiger partial charge in [-0.1, -0.05) is 19.1 Å². The van der Waals surface area contributed by atoms with E-state index in [2.05, 4.69) is 16.4 Å². The van der Waals surface area contributed by atoms with Gasteiger partial charge < -0.3 is 9.84 Å². The van der Waals surface area contributed by atoms with E-state index >= 15 is 0 Å². The first-order valence-corrected chi connectivity index (χ1v) is 13.1. The Kier molecular flexibility index (Phi) is 5.63. The molecule has 0 unspecified atom stereocenters. The van der Waals surface area contributed by atoms with Gasteiger partial charge in [-0.3, -0.25) is 0 Å². The summed E-state index contributed by atoms with van der Waals surface area (Å²) in [6, 6.07) is 9.89. The van der Waals surface area contributed by atoms with E-state index < -0.39 is 22.1 Å². The predicted octanol–water partition coefficient (Wildman–Crippen LogP) is 5.49. The fourth-order valence-electron chi connectivity index (χ4n) is 6.86.